The minimum atomic E-state index is -0.555. The molecule has 1 aromatic carbocycles. The molecule has 2 aromatic rings. The quantitative estimate of drug-likeness (QED) is 0.868. The summed E-state index contributed by atoms with van der Waals surface area (Å²) < 4.78 is 5.42. The fourth-order valence-electron chi connectivity index (χ4n) is 1.62. The summed E-state index contributed by atoms with van der Waals surface area (Å²) in [6.45, 7) is 6.36. The first kappa shape index (κ1) is 13.1. The highest BCUT2D eigenvalue weighted by Crippen LogP contribution is 2.25. The average Bonchev–Trinajstić information content (AvgIpc) is 2.32. The van der Waals surface area contributed by atoms with Gasteiger partial charge in [0.2, 0.25) is 5.75 Å². The van der Waals surface area contributed by atoms with E-state index in [9.17, 15) is 9.59 Å². The van der Waals surface area contributed by atoms with E-state index in [4.69, 9.17) is 4.74 Å². The molecule has 0 aliphatic carbocycles. The molecule has 0 radical (unpaired) electrons. The first-order valence-electron chi connectivity index (χ1n) is 5.97. The van der Waals surface area contributed by atoms with Gasteiger partial charge in [-0.05, 0) is 23.1 Å². The molecule has 0 spiro atoms. The molecule has 0 bridgehead atoms. The van der Waals surface area contributed by atoms with Crippen molar-refractivity contribution in [2.45, 2.75) is 26.2 Å². The van der Waals surface area contributed by atoms with Crippen molar-refractivity contribution >= 4 is 0 Å². The normalized spacial score (nSPS) is 11.3. The second-order valence-electron chi connectivity index (χ2n) is 5.31. The Labute approximate surface area is 110 Å². The standard InChI is InChI=1S/C14H16N2O3/c1-14(2,3)9-4-6-10(7-5-9)19-11-8-15-13(18)16-12(11)17/h4-8H,1-3H3,(H2,15,16,17,18). The zero-order valence-corrected chi connectivity index (χ0v) is 11.1. The van der Waals surface area contributed by atoms with Crippen LogP contribution in [0.3, 0.4) is 0 Å². The van der Waals surface area contributed by atoms with E-state index in [1.807, 2.05) is 12.1 Å². The van der Waals surface area contributed by atoms with Crippen molar-refractivity contribution in [2.75, 3.05) is 0 Å². The molecule has 0 fully saturated rings. The molecular formula is C14H16N2O3. The molecule has 0 saturated carbocycles. The summed E-state index contributed by atoms with van der Waals surface area (Å²) in [6.07, 6.45) is 1.25. The number of hydrogen-bond acceptors (Lipinski definition) is 3. The lowest BCUT2D eigenvalue weighted by molar-refractivity contribution is 0.469. The van der Waals surface area contributed by atoms with E-state index in [2.05, 4.69) is 30.7 Å². The molecule has 0 amide bonds. The number of ether oxygens (including phenoxy) is 1. The molecule has 2 N–H and O–H groups in total. The van der Waals surface area contributed by atoms with Gasteiger partial charge in [0.1, 0.15) is 5.75 Å². The topological polar surface area (TPSA) is 75.0 Å². The molecule has 0 atom stereocenters. The van der Waals surface area contributed by atoms with Crippen LogP contribution < -0.4 is 16.0 Å². The Morgan fingerprint density at radius 3 is 2.21 bits per heavy atom. The lowest BCUT2D eigenvalue weighted by Gasteiger charge is -2.19. The Kier molecular flexibility index (Phi) is 3.29. The smallest absolute Gasteiger partial charge is 0.325 e. The van der Waals surface area contributed by atoms with Gasteiger partial charge in [-0.3, -0.25) is 9.78 Å². The van der Waals surface area contributed by atoms with Crippen molar-refractivity contribution in [1.82, 2.24) is 9.97 Å². The van der Waals surface area contributed by atoms with Gasteiger partial charge >= 0.3 is 5.69 Å². The van der Waals surface area contributed by atoms with Gasteiger partial charge in [-0.15, -0.1) is 0 Å². The van der Waals surface area contributed by atoms with Crippen molar-refractivity contribution in [1.29, 1.82) is 0 Å². The number of aromatic amines is 2. The van der Waals surface area contributed by atoms with Crippen LogP contribution in [0.1, 0.15) is 26.3 Å². The van der Waals surface area contributed by atoms with Gasteiger partial charge < -0.3 is 9.72 Å². The molecule has 5 nitrogen and oxygen atoms in total. The van der Waals surface area contributed by atoms with Crippen LogP contribution in [0.4, 0.5) is 0 Å². The summed E-state index contributed by atoms with van der Waals surface area (Å²) in [5.41, 5.74) is 0.132. The van der Waals surface area contributed by atoms with Gasteiger partial charge in [0.05, 0.1) is 6.20 Å². The molecular weight excluding hydrogens is 244 g/mol. The SMILES string of the molecule is CC(C)(C)c1ccc(Oc2c[nH]c(=O)[nH]c2=O)cc1. The Hall–Kier alpha value is -2.30. The van der Waals surface area contributed by atoms with Crippen LogP contribution in [0.2, 0.25) is 0 Å². The van der Waals surface area contributed by atoms with E-state index in [0.717, 1.165) is 0 Å². The van der Waals surface area contributed by atoms with Crippen molar-refractivity contribution < 1.29 is 4.74 Å². The number of aromatic nitrogens is 2. The van der Waals surface area contributed by atoms with Crippen LogP contribution in [0.15, 0.2) is 40.1 Å². The Bertz CT molecular complexity index is 675. The molecule has 0 aliphatic rings. The highest BCUT2D eigenvalue weighted by atomic mass is 16.5. The minimum Gasteiger partial charge on any atom is -0.450 e. The third kappa shape index (κ3) is 3.13. The third-order valence-electron chi connectivity index (χ3n) is 2.73. The highest BCUT2D eigenvalue weighted by Gasteiger charge is 2.13. The molecule has 19 heavy (non-hydrogen) atoms. The van der Waals surface area contributed by atoms with E-state index in [1.165, 1.54) is 11.8 Å². The van der Waals surface area contributed by atoms with E-state index in [0.29, 0.717) is 5.75 Å². The van der Waals surface area contributed by atoms with Crippen LogP contribution in [0.5, 0.6) is 11.5 Å². The predicted octanol–water partition coefficient (Wildman–Crippen LogP) is 2.15. The van der Waals surface area contributed by atoms with Gasteiger partial charge in [-0.25, -0.2) is 4.79 Å². The summed E-state index contributed by atoms with van der Waals surface area (Å²) in [5, 5.41) is 0. The summed E-state index contributed by atoms with van der Waals surface area (Å²) >= 11 is 0. The molecule has 0 unspecified atom stereocenters. The fraction of sp³-hybridized carbons (Fsp3) is 0.286. The first-order valence-corrected chi connectivity index (χ1v) is 5.97. The zero-order valence-electron chi connectivity index (χ0n) is 11.1. The molecule has 5 heteroatoms. The molecule has 1 aromatic heterocycles. The summed E-state index contributed by atoms with van der Waals surface area (Å²) in [7, 11) is 0. The second-order valence-corrected chi connectivity index (χ2v) is 5.31. The molecule has 2 rings (SSSR count). The van der Waals surface area contributed by atoms with Crippen molar-refractivity contribution in [3.8, 4) is 11.5 Å². The number of hydrogen-bond donors (Lipinski definition) is 2. The highest BCUT2D eigenvalue weighted by molar-refractivity contribution is 5.33. The average molecular weight is 260 g/mol. The maximum atomic E-state index is 11.5. The molecule has 100 valence electrons. The number of rotatable bonds is 2. The maximum Gasteiger partial charge on any atom is 0.325 e. The lowest BCUT2D eigenvalue weighted by atomic mass is 9.87. The number of nitrogens with one attached hydrogen (secondary N) is 2. The number of benzene rings is 1. The number of H-pyrrole nitrogens is 2. The summed E-state index contributed by atoms with van der Waals surface area (Å²) in [4.78, 5) is 26.8. The van der Waals surface area contributed by atoms with Crippen molar-refractivity contribution in [2.24, 2.45) is 0 Å². The van der Waals surface area contributed by atoms with E-state index >= 15 is 0 Å². The molecule has 1 heterocycles. The van der Waals surface area contributed by atoms with E-state index < -0.39 is 11.2 Å². The van der Waals surface area contributed by atoms with Crippen LogP contribution in [-0.4, -0.2) is 9.97 Å². The molecule has 0 aliphatic heterocycles. The van der Waals surface area contributed by atoms with Gasteiger partial charge in [0.25, 0.3) is 5.56 Å². The van der Waals surface area contributed by atoms with Crippen LogP contribution in [-0.2, 0) is 5.41 Å². The third-order valence-corrected chi connectivity index (χ3v) is 2.73. The van der Waals surface area contributed by atoms with E-state index in [1.54, 1.807) is 12.1 Å². The molecule has 0 saturated heterocycles. The van der Waals surface area contributed by atoms with E-state index in [-0.39, 0.29) is 11.2 Å². The van der Waals surface area contributed by atoms with Gasteiger partial charge in [0, 0.05) is 0 Å². The largest absolute Gasteiger partial charge is 0.450 e. The van der Waals surface area contributed by atoms with Crippen LogP contribution in [0, 0.1) is 0 Å². The van der Waals surface area contributed by atoms with Crippen molar-refractivity contribution in [3.05, 3.63) is 56.9 Å². The van der Waals surface area contributed by atoms with Crippen molar-refractivity contribution in [3.63, 3.8) is 0 Å². The second kappa shape index (κ2) is 4.76. The Morgan fingerprint density at radius 1 is 1.05 bits per heavy atom. The zero-order chi connectivity index (χ0) is 14.0. The fourth-order valence-corrected chi connectivity index (χ4v) is 1.62. The van der Waals surface area contributed by atoms with Gasteiger partial charge in [-0.2, -0.15) is 0 Å². The Balaban J connectivity index is 2.25. The lowest BCUT2D eigenvalue weighted by Crippen LogP contribution is -2.21. The van der Waals surface area contributed by atoms with Crippen LogP contribution >= 0.6 is 0 Å². The first-order chi connectivity index (χ1) is 8.86. The Morgan fingerprint density at radius 2 is 1.68 bits per heavy atom. The van der Waals surface area contributed by atoms with Gasteiger partial charge in [-0.1, -0.05) is 32.9 Å². The predicted molar refractivity (Wildman–Crippen MR) is 72.9 cm³/mol. The maximum absolute atomic E-state index is 11.5. The monoisotopic (exact) mass is 260 g/mol. The van der Waals surface area contributed by atoms with Crippen LogP contribution in [0.25, 0.3) is 0 Å². The summed E-state index contributed by atoms with van der Waals surface area (Å²) in [5.74, 6) is 0.605. The summed E-state index contributed by atoms with van der Waals surface area (Å²) in [6, 6.07) is 7.50. The van der Waals surface area contributed by atoms with Gasteiger partial charge in [0.15, 0.2) is 0 Å². The minimum absolute atomic E-state index is 0.0584.